The van der Waals surface area contributed by atoms with Crippen LogP contribution in [0, 0.1) is 12.7 Å². The van der Waals surface area contributed by atoms with E-state index in [4.69, 9.17) is 0 Å². The van der Waals surface area contributed by atoms with Gasteiger partial charge in [0.25, 0.3) is 0 Å². The van der Waals surface area contributed by atoms with Gasteiger partial charge in [0.05, 0.1) is 11.1 Å². The summed E-state index contributed by atoms with van der Waals surface area (Å²) in [6, 6.07) is 4.31. The van der Waals surface area contributed by atoms with Gasteiger partial charge in [-0.3, -0.25) is 4.98 Å². The normalized spacial score (nSPS) is 16.3. The van der Waals surface area contributed by atoms with Crippen LogP contribution in [0.3, 0.4) is 0 Å². The molecule has 0 unspecified atom stereocenters. The van der Waals surface area contributed by atoms with Gasteiger partial charge in [-0.1, -0.05) is 19.3 Å². The maximum absolute atomic E-state index is 13.6. The van der Waals surface area contributed by atoms with Crippen LogP contribution in [0.5, 0.6) is 0 Å². The number of halogens is 1. The molecule has 1 N–H and O–H groups in total. The first-order valence-electron chi connectivity index (χ1n) is 7.40. The Kier molecular flexibility index (Phi) is 3.62. The molecule has 3 nitrogen and oxygen atoms in total. The number of aryl methyl sites for hydroxylation is 1. The molecule has 1 aromatic heterocycles. The number of fused-ring (bicyclic) bond motifs is 1. The predicted molar refractivity (Wildman–Crippen MR) is 79.2 cm³/mol. The van der Waals surface area contributed by atoms with E-state index >= 15 is 0 Å². The zero-order valence-corrected chi connectivity index (χ0v) is 12.0. The Morgan fingerprint density at radius 1 is 1.24 bits per heavy atom. The van der Waals surface area contributed by atoms with Gasteiger partial charge in [0.2, 0.25) is 0 Å². The minimum Gasteiger partial charge on any atom is -0.478 e. The number of carbonyl (C=O) groups is 1. The van der Waals surface area contributed by atoms with E-state index in [2.05, 4.69) is 4.98 Å². The van der Waals surface area contributed by atoms with E-state index in [1.165, 1.54) is 18.6 Å². The van der Waals surface area contributed by atoms with Crippen LogP contribution in [0.15, 0.2) is 18.2 Å². The quantitative estimate of drug-likeness (QED) is 0.889. The molecule has 3 rings (SSSR count). The number of hydrogen-bond acceptors (Lipinski definition) is 2. The predicted octanol–water partition coefficient (Wildman–Crippen LogP) is 4.43. The molecule has 1 saturated carbocycles. The van der Waals surface area contributed by atoms with Crippen LogP contribution in [0.25, 0.3) is 10.9 Å². The number of pyridine rings is 1. The Morgan fingerprint density at radius 3 is 2.62 bits per heavy atom. The lowest BCUT2D eigenvalue weighted by atomic mass is 9.86. The zero-order chi connectivity index (χ0) is 15.0. The fourth-order valence-electron chi connectivity index (χ4n) is 3.26. The molecule has 0 amide bonds. The van der Waals surface area contributed by atoms with Crippen molar-refractivity contribution in [3.63, 3.8) is 0 Å². The van der Waals surface area contributed by atoms with Crippen LogP contribution >= 0.6 is 0 Å². The first-order valence-corrected chi connectivity index (χ1v) is 7.40. The number of aromatic nitrogens is 1. The molecule has 0 saturated heterocycles. The van der Waals surface area contributed by atoms with E-state index in [9.17, 15) is 14.3 Å². The highest BCUT2D eigenvalue weighted by Crippen LogP contribution is 2.34. The van der Waals surface area contributed by atoms with Crippen molar-refractivity contribution in [2.24, 2.45) is 0 Å². The van der Waals surface area contributed by atoms with Crippen LogP contribution in [-0.2, 0) is 0 Å². The third-order valence-electron chi connectivity index (χ3n) is 4.34. The van der Waals surface area contributed by atoms with Gasteiger partial charge >= 0.3 is 5.97 Å². The fraction of sp³-hybridized carbons (Fsp3) is 0.412. The monoisotopic (exact) mass is 287 g/mol. The number of aromatic carboxylic acids is 1. The van der Waals surface area contributed by atoms with E-state index in [1.807, 2.05) is 0 Å². The third kappa shape index (κ3) is 2.62. The van der Waals surface area contributed by atoms with Gasteiger partial charge in [0.1, 0.15) is 5.82 Å². The summed E-state index contributed by atoms with van der Waals surface area (Å²) in [5, 5.41) is 9.83. The molecule has 2 aromatic rings. The highest BCUT2D eigenvalue weighted by atomic mass is 19.1. The molecule has 0 spiro atoms. The van der Waals surface area contributed by atoms with Gasteiger partial charge in [-0.2, -0.15) is 0 Å². The van der Waals surface area contributed by atoms with Gasteiger partial charge in [-0.05, 0) is 43.5 Å². The summed E-state index contributed by atoms with van der Waals surface area (Å²) in [4.78, 5) is 16.2. The van der Waals surface area contributed by atoms with Crippen LogP contribution in [0.2, 0.25) is 0 Å². The second-order valence-corrected chi connectivity index (χ2v) is 5.85. The van der Waals surface area contributed by atoms with Crippen molar-refractivity contribution in [3.8, 4) is 0 Å². The summed E-state index contributed by atoms with van der Waals surface area (Å²) in [5.41, 5.74) is 2.29. The summed E-state index contributed by atoms with van der Waals surface area (Å²) < 4.78 is 13.6. The summed E-state index contributed by atoms with van der Waals surface area (Å²) in [7, 11) is 0. The molecule has 1 aliphatic carbocycles. The number of hydrogen-bond donors (Lipinski definition) is 1. The summed E-state index contributed by atoms with van der Waals surface area (Å²) >= 11 is 0. The van der Waals surface area contributed by atoms with E-state index < -0.39 is 11.8 Å². The van der Waals surface area contributed by atoms with Crippen LogP contribution < -0.4 is 0 Å². The van der Waals surface area contributed by atoms with E-state index in [0.717, 1.165) is 31.4 Å². The second kappa shape index (κ2) is 5.43. The molecular formula is C17H18FNO2. The zero-order valence-electron chi connectivity index (χ0n) is 12.0. The van der Waals surface area contributed by atoms with Crippen molar-refractivity contribution in [2.75, 3.05) is 0 Å². The Morgan fingerprint density at radius 2 is 1.95 bits per heavy atom. The van der Waals surface area contributed by atoms with Crippen molar-refractivity contribution in [1.82, 2.24) is 4.98 Å². The molecule has 1 aromatic carbocycles. The smallest absolute Gasteiger partial charge is 0.336 e. The Labute approximate surface area is 122 Å². The summed E-state index contributed by atoms with van der Waals surface area (Å²) in [5.74, 6) is -1.12. The summed E-state index contributed by atoms with van der Waals surface area (Å²) in [6.07, 6.45) is 5.67. The molecule has 0 atom stereocenters. The number of benzene rings is 1. The van der Waals surface area contributed by atoms with E-state index in [1.54, 1.807) is 13.0 Å². The Hall–Kier alpha value is -1.97. The van der Waals surface area contributed by atoms with Crippen molar-refractivity contribution in [1.29, 1.82) is 0 Å². The van der Waals surface area contributed by atoms with Crippen molar-refractivity contribution >= 4 is 16.9 Å². The van der Waals surface area contributed by atoms with Gasteiger partial charge < -0.3 is 5.11 Å². The second-order valence-electron chi connectivity index (χ2n) is 5.85. The summed E-state index contributed by atoms with van der Waals surface area (Å²) in [6.45, 7) is 1.77. The lowest BCUT2D eigenvalue weighted by Crippen LogP contribution is -2.10. The molecule has 21 heavy (non-hydrogen) atoms. The van der Waals surface area contributed by atoms with Gasteiger partial charge in [-0.15, -0.1) is 0 Å². The maximum atomic E-state index is 13.6. The largest absolute Gasteiger partial charge is 0.478 e. The molecule has 0 aliphatic heterocycles. The molecule has 1 fully saturated rings. The molecule has 1 heterocycles. The third-order valence-corrected chi connectivity index (χ3v) is 4.34. The first kappa shape index (κ1) is 14.0. The van der Waals surface area contributed by atoms with Crippen LogP contribution in [0.4, 0.5) is 4.39 Å². The van der Waals surface area contributed by atoms with Crippen LogP contribution in [0.1, 0.15) is 59.6 Å². The number of carboxylic acid groups (broad SMARTS) is 1. The topological polar surface area (TPSA) is 50.2 Å². The highest BCUT2D eigenvalue weighted by Gasteiger charge is 2.21. The van der Waals surface area contributed by atoms with Gasteiger partial charge in [0, 0.05) is 17.0 Å². The molecule has 1 aliphatic rings. The minimum atomic E-state index is -1.02. The molecule has 0 bridgehead atoms. The minimum absolute atomic E-state index is 0.156. The SMILES string of the molecule is Cc1cc(F)cc2c(C(=O)O)cc(C3CCCCC3)nc12. The molecule has 4 heteroatoms. The lowest BCUT2D eigenvalue weighted by molar-refractivity contribution is 0.0699. The van der Waals surface area contributed by atoms with Crippen molar-refractivity contribution in [3.05, 3.63) is 40.8 Å². The average Bonchev–Trinajstić information content (AvgIpc) is 2.47. The van der Waals surface area contributed by atoms with E-state index in [0.29, 0.717) is 22.4 Å². The Balaban J connectivity index is 2.21. The number of carboxylic acids is 1. The van der Waals surface area contributed by atoms with E-state index in [-0.39, 0.29) is 5.56 Å². The van der Waals surface area contributed by atoms with Crippen molar-refractivity contribution in [2.45, 2.75) is 44.9 Å². The Bertz CT molecular complexity index is 705. The molecule has 110 valence electrons. The fourth-order valence-corrected chi connectivity index (χ4v) is 3.26. The number of nitrogens with zero attached hydrogens (tertiary/aromatic N) is 1. The van der Waals surface area contributed by atoms with Gasteiger partial charge in [-0.25, -0.2) is 9.18 Å². The highest BCUT2D eigenvalue weighted by molar-refractivity contribution is 6.03. The lowest BCUT2D eigenvalue weighted by Gasteiger charge is -2.22. The average molecular weight is 287 g/mol. The molecule has 0 radical (unpaired) electrons. The maximum Gasteiger partial charge on any atom is 0.336 e. The van der Waals surface area contributed by atoms with Crippen molar-refractivity contribution < 1.29 is 14.3 Å². The standard InChI is InChI=1S/C17H18FNO2/c1-10-7-12(18)8-13-14(17(20)21)9-15(19-16(10)13)11-5-3-2-4-6-11/h7-9,11H,2-6H2,1H3,(H,20,21). The number of rotatable bonds is 2. The van der Waals surface area contributed by atoms with Gasteiger partial charge in [0.15, 0.2) is 0 Å². The van der Waals surface area contributed by atoms with Crippen LogP contribution in [-0.4, -0.2) is 16.1 Å². The molecular weight excluding hydrogens is 269 g/mol. The first-order chi connectivity index (χ1) is 10.1.